The lowest BCUT2D eigenvalue weighted by Crippen LogP contribution is -2.35. The molecule has 1 aromatic carbocycles. The summed E-state index contributed by atoms with van der Waals surface area (Å²) in [5.41, 5.74) is 2.58. The van der Waals surface area contributed by atoms with Gasteiger partial charge in [-0.25, -0.2) is 0 Å². The quantitative estimate of drug-likeness (QED) is 0.826. The van der Waals surface area contributed by atoms with E-state index in [1.54, 1.807) is 0 Å². The van der Waals surface area contributed by atoms with Crippen molar-refractivity contribution in [3.05, 3.63) is 28.8 Å². The molecule has 2 unspecified atom stereocenters. The van der Waals surface area contributed by atoms with Crippen molar-refractivity contribution in [1.29, 1.82) is 0 Å². The zero-order chi connectivity index (χ0) is 12.4. The van der Waals surface area contributed by atoms with Gasteiger partial charge in [-0.2, -0.15) is 0 Å². The lowest BCUT2D eigenvalue weighted by molar-refractivity contribution is 0.525. The summed E-state index contributed by atoms with van der Waals surface area (Å²) in [6.07, 6.45) is 0. The number of benzene rings is 1. The van der Waals surface area contributed by atoms with Crippen LogP contribution in [0.1, 0.15) is 19.4 Å². The van der Waals surface area contributed by atoms with Gasteiger partial charge in [-0.15, -0.1) is 0 Å². The largest absolute Gasteiger partial charge is 0.369 e. The number of nitrogens with one attached hydrogen (secondary N) is 1. The van der Waals surface area contributed by atoms with Gasteiger partial charge in [0.15, 0.2) is 0 Å². The highest BCUT2D eigenvalue weighted by atomic mass is 35.5. The van der Waals surface area contributed by atoms with Gasteiger partial charge in [0.2, 0.25) is 0 Å². The molecule has 0 saturated carbocycles. The second kappa shape index (κ2) is 5.28. The Morgan fingerprint density at radius 3 is 2.76 bits per heavy atom. The zero-order valence-electron chi connectivity index (χ0n) is 10.8. The van der Waals surface area contributed by atoms with Crippen molar-refractivity contribution >= 4 is 17.3 Å². The standard InChI is InChI=1S/C14H21ClN2/c1-10-7-16-12(3)9-17(8-10)14-5-4-13(15)6-11(14)2/h4-6,10,12,16H,7-9H2,1-3H3. The van der Waals surface area contributed by atoms with Gasteiger partial charge >= 0.3 is 0 Å². The first-order chi connectivity index (χ1) is 8.06. The number of hydrogen-bond donors (Lipinski definition) is 1. The van der Waals surface area contributed by atoms with E-state index in [1.165, 1.54) is 11.3 Å². The van der Waals surface area contributed by atoms with Gasteiger partial charge in [-0.1, -0.05) is 18.5 Å². The first kappa shape index (κ1) is 12.7. The molecule has 1 aliphatic rings. The molecule has 1 fully saturated rings. The molecule has 0 aromatic heterocycles. The van der Waals surface area contributed by atoms with E-state index in [0.29, 0.717) is 12.0 Å². The summed E-state index contributed by atoms with van der Waals surface area (Å²) in [5.74, 6) is 0.676. The van der Waals surface area contributed by atoms with Crippen LogP contribution in [0.3, 0.4) is 0 Å². The van der Waals surface area contributed by atoms with Gasteiger partial charge in [0.05, 0.1) is 0 Å². The average molecular weight is 253 g/mol. The molecule has 0 radical (unpaired) electrons. The van der Waals surface area contributed by atoms with Crippen molar-refractivity contribution < 1.29 is 0 Å². The smallest absolute Gasteiger partial charge is 0.0410 e. The molecule has 0 aliphatic carbocycles. The Morgan fingerprint density at radius 1 is 1.29 bits per heavy atom. The third-order valence-corrected chi connectivity index (χ3v) is 3.58. The molecule has 1 saturated heterocycles. The Morgan fingerprint density at radius 2 is 2.06 bits per heavy atom. The fourth-order valence-electron chi connectivity index (χ4n) is 2.48. The van der Waals surface area contributed by atoms with Crippen LogP contribution in [-0.2, 0) is 0 Å². The Labute approximate surface area is 109 Å². The van der Waals surface area contributed by atoms with E-state index in [9.17, 15) is 0 Å². The molecule has 2 nitrogen and oxygen atoms in total. The maximum Gasteiger partial charge on any atom is 0.0410 e. The second-order valence-electron chi connectivity index (χ2n) is 5.25. The van der Waals surface area contributed by atoms with Crippen LogP contribution in [0.25, 0.3) is 0 Å². The van der Waals surface area contributed by atoms with Crippen LogP contribution in [0.2, 0.25) is 5.02 Å². The molecule has 1 aromatic rings. The van der Waals surface area contributed by atoms with Gasteiger partial charge in [-0.3, -0.25) is 0 Å². The van der Waals surface area contributed by atoms with E-state index in [2.05, 4.69) is 37.1 Å². The van der Waals surface area contributed by atoms with Gasteiger partial charge < -0.3 is 10.2 Å². The van der Waals surface area contributed by atoms with Gasteiger partial charge in [0.1, 0.15) is 0 Å². The van der Waals surface area contributed by atoms with Crippen molar-refractivity contribution in [2.24, 2.45) is 5.92 Å². The predicted molar refractivity (Wildman–Crippen MR) is 75.0 cm³/mol. The lowest BCUT2D eigenvalue weighted by atomic mass is 10.1. The molecule has 3 heteroatoms. The van der Waals surface area contributed by atoms with Gasteiger partial charge in [0, 0.05) is 29.8 Å². The third-order valence-electron chi connectivity index (χ3n) is 3.34. The SMILES string of the molecule is Cc1cc(Cl)ccc1N1CC(C)CNC(C)C1. The Bertz CT molecular complexity index is 380. The molecule has 17 heavy (non-hydrogen) atoms. The number of halogens is 1. The van der Waals surface area contributed by atoms with E-state index >= 15 is 0 Å². The fourth-order valence-corrected chi connectivity index (χ4v) is 2.71. The third kappa shape index (κ3) is 3.14. The maximum atomic E-state index is 6.01. The fraction of sp³-hybridized carbons (Fsp3) is 0.571. The molecule has 0 spiro atoms. The zero-order valence-corrected chi connectivity index (χ0v) is 11.6. The monoisotopic (exact) mass is 252 g/mol. The second-order valence-corrected chi connectivity index (χ2v) is 5.69. The van der Waals surface area contributed by atoms with Crippen molar-refractivity contribution in [1.82, 2.24) is 5.32 Å². The van der Waals surface area contributed by atoms with E-state index in [4.69, 9.17) is 11.6 Å². The van der Waals surface area contributed by atoms with Crippen molar-refractivity contribution in [2.45, 2.75) is 26.8 Å². The van der Waals surface area contributed by atoms with Crippen molar-refractivity contribution in [3.63, 3.8) is 0 Å². The van der Waals surface area contributed by atoms with Gasteiger partial charge in [0.25, 0.3) is 0 Å². The highest BCUT2D eigenvalue weighted by Gasteiger charge is 2.19. The Balaban J connectivity index is 2.24. The van der Waals surface area contributed by atoms with Crippen molar-refractivity contribution in [2.75, 3.05) is 24.5 Å². The number of aryl methyl sites for hydroxylation is 1. The molecular weight excluding hydrogens is 232 g/mol. The maximum absolute atomic E-state index is 6.01. The topological polar surface area (TPSA) is 15.3 Å². The first-order valence-electron chi connectivity index (χ1n) is 6.30. The van der Waals surface area contributed by atoms with E-state index in [0.717, 1.165) is 24.7 Å². The van der Waals surface area contributed by atoms with Crippen LogP contribution < -0.4 is 10.2 Å². The summed E-state index contributed by atoms with van der Waals surface area (Å²) in [6.45, 7) is 9.95. The molecule has 1 aliphatic heterocycles. The van der Waals surface area contributed by atoms with Crippen LogP contribution in [0.5, 0.6) is 0 Å². The lowest BCUT2D eigenvalue weighted by Gasteiger charge is -2.27. The minimum Gasteiger partial charge on any atom is -0.369 e. The normalized spacial score (nSPS) is 25.8. The summed E-state index contributed by atoms with van der Waals surface area (Å²) in [7, 11) is 0. The minimum absolute atomic E-state index is 0.537. The predicted octanol–water partition coefficient (Wildman–Crippen LogP) is 3.08. The highest BCUT2D eigenvalue weighted by Crippen LogP contribution is 2.25. The summed E-state index contributed by atoms with van der Waals surface area (Å²) in [4.78, 5) is 2.47. The number of rotatable bonds is 1. The van der Waals surface area contributed by atoms with E-state index in [-0.39, 0.29) is 0 Å². The minimum atomic E-state index is 0.537. The average Bonchev–Trinajstić information content (AvgIpc) is 2.40. The summed E-state index contributed by atoms with van der Waals surface area (Å²) >= 11 is 6.01. The molecule has 2 rings (SSSR count). The molecule has 1 N–H and O–H groups in total. The number of anilines is 1. The molecule has 0 amide bonds. The Hall–Kier alpha value is -0.730. The van der Waals surface area contributed by atoms with Crippen molar-refractivity contribution in [3.8, 4) is 0 Å². The van der Waals surface area contributed by atoms with Crippen LogP contribution in [0.4, 0.5) is 5.69 Å². The molecule has 94 valence electrons. The summed E-state index contributed by atoms with van der Waals surface area (Å²) in [6, 6.07) is 6.71. The van der Waals surface area contributed by atoms with Crippen LogP contribution >= 0.6 is 11.6 Å². The van der Waals surface area contributed by atoms with Gasteiger partial charge in [-0.05, 0) is 50.1 Å². The molecular formula is C14H21ClN2. The number of hydrogen-bond acceptors (Lipinski definition) is 2. The van der Waals surface area contributed by atoms with Crippen LogP contribution in [0, 0.1) is 12.8 Å². The number of nitrogens with zero attached hydrogens (tertiary/aromatic N) is 1. The molecule has 0 bridgehead atoms. The summed E-state index contributed by atoms with van der Waals surface area (Å²) in [5, 5.41) is 4.38. The first-order valence-corrected chi connectivity index (χ1v) is 6.68. The van der Waals surface area contributed by atoms with Crippen LogP contribution in [-0.4, -0.2) is 25.7 Å². The highest BCUT2D eigenvalue weighted by molar-refractivity contribution is 6.30. The summed E-state index contributed by atoms with van der Waals surface area (Å²) < 4.78 is 0. The Kier molecular flexibility index (Phi) is 3.95. The van der Waals surface area contributed by atoms with Crippen LogP contribution in [0.15, 0.2) is 18.2 Å². The molecule has 2 atom stereocenters. The van der Waals surface area contributed by atoms with E-state index in [1.807, 2.05) is 12.1 Å². The molecule has 1 heterocycles. The van der Waals surface area contributed by atoms with E-state index < -0.39 is 0 Å².